The molecule has 0 bridgehead atoms. The zero-order valence-electron chi connectivity index (χ0n) is 9.75. The van der Waals surface area contributed by atoms with E-state index in [-0.39, 0.29) is 12.6 Å². The second-order valence-corrected chi connectivity index (χ2v) is 5.00. The number of ether oxygens (including phenoxy) is 1. The fraction of sp³-hybridized carbons (Fsp3) is 0.308. The molecule has 4 nitrogen and oxygen atoms in total. The summed E-state index contributed by atoms with van der Waals surface area (Å²) in [6, 6.07) is 6.99. The summed E-state index contributed by atoms with van der Waals surface area (Å²) in [4.78, 5) is 13.0. The number of hydrogen-bond acceptors (Lipinski definition) is 3. The number of halogens is 1. The Morgan fingerprint density at radius 2 is 2.22 bits per heavy atom. The van der Waals surface area contributed by atoms with E-state index in [0.29, 0.717) is 6.54 Å². The van der Waals surface area contributed by atoms with E-state index in [2.05, 4.69) is 22.5 Å². The van der Waals surface area contributed by atoms with Crippen molar-refractivity contribution in [1.82, 2.24) is 4.90 Å². The van der Waals surface area contributed by atoms with Crippen molar-refractivity contribution in [3.63, 3.8) is 0 Å². The monoisotopic (exact) mass is 311 g/mol. The summed E-state index contributed by atoms with van der Waals surface area (Å²) in [7, 11) is 0. The van der Waals surface area contributed by atoms with Gasteiger partial charge in [0.2, 0.25) is 0 Å². The predicted octanol–water partition coefficient (Wildman–Crippen LogP) is 2.49. The number of amides is 1. The smallest absolute Gasteiger partial charge is 0.410 e. The molecule has 18 heavy (non-hydrogen) atoms. The van der Waals surface area contributed by atoms with Crippen LogP contribution < -0.4 is 0 Å². The highest BCUT2D eigenvalue weighted by Gasteiger charge is 2.37. The first-order chi connectivity index (χ1) is 8.63. The van der Waals surface area contributed by atoms with Gasteiger partial charge in [-0.2, -0.15) is 0 Å². The lowest BCUT2D eigenvalue weighted by atomic mass is 10.0. The van der Waals surface area contributed by atoms with Crippen LogP contribution in [0.1, 0.15) is 11.7 Å². The molecule has 0 saturated carbocycles. The Hall–Kier alpha value is -1.33. The number of benzene rings is 1. The summed E-state index contributed by atoms with van der Waals surface area (Å²) < 4.78 is 5.91. The number of cyclic esters (lactones) is 1. The molecule has 1 aliphatic rings. The number of carbonyl (C=O) groups is 1. The Balaban J connectivity index is 2.17. The lowest BCUT2D eigenvalue weighted by Gasteiger charge is -2.24. The quantitative estimate of drug-likeness (QED) is 0.869. The van der Waals surface area contributed by atoms with Gasteiger partial charge in [0, 0.05) is 11.0 Å². The zero-order chi connectivity index (χ0) is 13.1. The van der Waals surface area contributed by atoms with Crippen LogP contribution in [0.3, 0.4) is 0 Å². The van der Waals surface area contributed by atoms with E-state index in [1.807, 2.05) is 24.3 Å². The van der Waals surface area contributed by atoms with E-state index in [9.17, 15) is 9.90 Å². The van der Waals surface area contributed by atoms with Crippen LogP contribution in [0, 0.1) is 0 Å². The standard InChI is InChI=1S/C13H14BrNO3/c1-2-7-15-11(8-18-13(15)17)12(16)9-3-5-10(14)6-4-9/h2-6,11-12,16H,1,7-8H2/t11-,12+/m0/s1. The summed E-state index contributed by atoms with van der Waals surface area (Å²) in [6.07, 6.45) is 0.453. The van der Waals surface area contributed by atoms with Crippen LogP contribution in [0.2, 0.25) is 0 Å². The topological polar surface area (TPSA) is 49.8 Å². The third-order valence-electron chi connectivity index (χ3n) is 2.91. The highest BCUT2D eigenvalue weighted by atomic mass is 79.9. The van der Waals surface area contributed by atoms with Crippen molar-refractivity contribution < 1.29 is 14.6 Å². The van der Waals surface area contributed by atoms with Gasteiger partial charge >= 0.3 is 6.09 Å². The minimum Gasteiger partial charge on any atom is -0.447 e. The second-order valence-electron chi connectivity index (χ2n) is 4.08. The van der Waals surface area contributed by atoms with Crippen LogP contribution in [0.4, 0.5) is 4.79 Å². The molecule has 1 saturated heterocycles. The fourth-order valence-electron chi connectivity index (χ4n) is 1.96. The Morgan fingerprint density at radius 1 is 1.56 bits per heavy atom. The maximum atomic E-state index is 11.5. The lowest BCUT2D eigenvalue weighted by molar-refractivity contribution is 0.0904. The highest BCUT2D eigenvalue weighted by Crippen LogP contribution is 2.26. The molecule has 2 atom stereocenters. The maximum Gasteiger partial charge on any atom is 0.410 e. The van der Waals surface area contributed by atoms with Crippen molar-refractivity contribution in [2.45, 2.75) is 12.1 Å². The number of aliphatic hydroxyl groups excluding tert-OH is 1. The molecule has 96 valence electrons. The Bertz CT molecular complexity index is 446. The van der Waals surface area contributed by atoms with Gasteiger partial charge in [0.05, 0.1) is 6.04 Å². The zero-order valence-corrected chi connectivity index (χ0v) is 11.3. The molecule has 1 fully saturated rings. The van der Waals surface area contributed by atoms with Crippen molar-refractivity contribution in [2.75, 3.05) is 13.2 Å². The molecule has 0 radical (unpaired) electrons. The summed E-state index contributed by atoms with van der Waals surface area (Å²) in [5, 5.41) is 10.3. The van der Waals surface area contributed by atoms with Crippen molar-refractivity contribution in [3.8, 4) is 0 Å². The van der Waals surface area contributed by atoms with Gasteiger partial charge in [-0.15, -0.1) is 6.58 Å². The minimum absolute atomic E-state index is 0.198. The molecule has 1 aliphatic heterocycles. The molecule has 0 aromatic heterocycles. The van der Waals surface area contributed by atoms with Gasteiger partial charge in [-0.25, -0.2) is 4.79 Å². The largest absolute Gasteiger partial charge is 0.447 e. The first-order valence-corrected chi connectivity index (χ1v) is 6.40. The molecule has 1 heterocycles. The molecule has 5 heteroatoms. The molecular formula is C13H14BrNO3. The van der Waals surface area contributed by atoms with Crippen molar-refractivity contribution in [3.05, 3.63) is 47.0 Å². The molecule has 1 aromatic carbocycles. The Morgan fingerprint density at radius 3 is 2.83 bits per heavy atom. The van der Waals surface area contributed by atoms with Crippen molar-refractivity contribution in [2.24, 2.45) is 0 Å². The average Bonchev–Trinajstić information content (AvgIpc) is 2.72. The van der Waals surface area contributed by atoms with Gasteiger partial charge in [-0.05, 0) is 17.7 Å². The fourth-order valence-corrected chi connectivity index (χ4v) is 2.22. The van der Waals surface area contributed by atoms with Crippen molar-refractivity contribution >= 4 is 22.0 Å². The summed E-state index contributed by atoms with van der Waals surface area (Å²) in [5.41, 5.74) is 0.760. The average molecular weight is 312 g/mol. The number of hydrogen-bond donors (Lipinski definition) is 1. The van der Waals surface area contributed by atoms with Gasteiger partial charge < -0.3 is 9.84 Å². The van der Waals surface area contributed by atoms with E-state index in [1.165, 1.54) is 4.90 Å². The molecule has 2 rings (SSSR count). The predicted molar refractivity (Wildman–Crippen MR) is 71.1 cm³/mol. The SMILES string of the molecule is C=CCN1C(=O)OC[C@H]1[C@H](O)c1ccc(Br)cc1. The lowest BCUT2D eigenvalue weighted by Crippen LogP contribution is -2.38. The van der Waals surface area contributed by atoms with E-state index in [0.717, 1.165) is 10.0 Å². The number of rotatable bonds is 4. The highest BCUT2D eigenvalue weighted by molar-refractivity contribution is 9.10. The Labute approximate surface area is 114 Å². The van der Waals surface area contributed by atoms with Gasteiger partial charge in [-0.3, -0.25) is 4.90 Å². The third kappa shape index (κ3) is 2.57. The van der Waals surface area contributed by atoms with E-state index >= 15 is 0 Å². The van der Waals surface area contributed by atoms with E-state index in [4.69, 9.17) is 4.74 Å². The van der Waals surface area contributed by atoms with Crippen LogP contribution in [0.5, 0.6) is 0 Å². The second kappa shape index (κ2) is 5.54. The van der Waals surface area contributed by atoms with Crippen LogP contribution in [0.15, 0.2) is 41.4 Å². The van der Waals surface area contributed by atoms with Gasteiger partial charge in [0.1, 0.15) is 12.7 Å². The van der Waals surface area contributed by atoms with Crippen LogP contribution in [0.25, 0.3) is 0 Å². The van der Waals surface area contributed by atoms with E-state index in [1.54, 1.807) is 6.08 Å². The van der Waals surface area contributed by atoms with Crippen LogP contribution in [-0.2, 0) is 4.74 Å². The Kier molecular flexibility index (Phi) is 4.04. The minimum atomic E-state index is -0.760. The molecule has 1 aromatic rings. The number of carbonyl (C=O) groups excluding carboxylic acids is 1. The van der Waals surface area contributed by atoms with Crippen LogP contribution >= 0.6 is 15.9 Å². The molecule has 0 aliphatic carbocycles. The maximum absolute atomic E-state index is 11.5. The molecule has 1 N–H and O–H groups in total. The summed E-state index contributed by atoms with van der Waals surface area (Å²) in [5.74, 6) is 0. The van der Waals surface area contributed by atoms with Crippen LogP contribution in [-0.4, -0.2) is 35.3 Å². The molecule has 0 unspecified atom stereocenters. The molecule has 1 amide bonds. The number of nitrogens with zero attached hydrogens (tertiary/aromatic N) is 1. The normalized spacial score (nSPS) is 20.7. The third-order valence-corrected chi connectivity index (χ3v) is 3.44. The van der Waals surface area contributed by atoms with E-state index < -0.39 is 12.2 Å². The summed E-state index contributed by atoms with van der Waals surface area (Å²) in [6.45, 7) is 4.17. The first kappa shape index (κ1) is 13.1. The van der Waals surface area contributed by atoms with Gasteiger partial charge in [0.25, 0.3) is 0 Å². The number of aliphatic hydroxyl groups is 1. The van der Waals surface area contributed by atoms with Gasteiger partial charge in [0.15, 0.2) is 0 Å². The first-order valence-electron chi connectivity index (χ1n) is 5.61. The van der Waals surface area contributed by atoms with Crippen molar-refractivity contribution in [1.29, 1.82) is 0 Å². The summed E-state index contributed by atoms with van der Waals surface area (Å²) >= 11 is 3.34. The van der Waals surface area contributed by atoms with Gasteiger partial charge in [-0.1, -0.05) is 34.1 Å². The molecular weight excluding hydrogens is 298 g/mol. The molecule has 0 spiro atoms.